The van der Waals surface area contributed by atoms with Crippen LogP contribution in [0.15, 0.2) is 0 Å². The molecule has 0 aromatic carbocycles. The van der Waals surface area contributed by atoms with Gasteiger partial charge in [-0.05, 0) is 0 Å². The standard InChI is InChI=1S/C3H8O4Se2/c1-8(4,5)3-9(2,6)7/h3H2,1-2H3. The van der Waals surface area contributed by atoms with E-state index in [-0.39, 0.29) is 0 Å². The van der Waals surface area contributed by atoms with Crippen LogP contribution < -0.4 is 0 Å². The summed E-state index contributed by atoms with van der Waals surface area (Å²) >= 11 is -8.02. The van der Waals surface area contributed by atoms with Gasteiger partial charge in [-0.2, -0.15) is 0 Å². The summed E-state index contributed by atoms with van der Waals surface area (Å²) in [6.45, 7) is 0. The summed E-state index contributed by atoms with van der Waals surface area (Å²) in [5.74, 6) is 1.95. The zero-order chi connectivity index (χ0) is 7.71. The van der Waals surface area contributed by atoms with E-state index in [0.717, 1.165) is 11.6 Å². The third-order valence-corrected chi connectivity index (χ3v) is 11.6. The van der Waals surface area contributed by atoms with E-state index < -0.39 is 29.6 Å². The van der Waals surface area contributed by atoms with Crippen LogP contribution in [0.4, 0.5) is 0 Å². The Bertz CT molecular complexity index is 239. The number of hydrogen-bond acceptors (Lipinski definition) is 4. The Labute approximate surface area is 56.9 Å². The molecule has 0 bridgehead atoms. The first-order valence-corrected chi connectivity index (χ1v) is 10.7. The van der Waals surface area contributed by atoms with Gasteiger partial charge < -0.3 is 0 Å². The summed E-state index contributed by atoms with van der Waals surface area (Å²) in [6, 6.07) is 0. The van der Waals surface area contributed by atoms with Crippen LogP contribution in [0.3, 0.4) is 0 Å². The third-order valence-electron chi connectivity index (χ3n) is 0.428. The van der Waals surface area contributed by atoms with E-state index in [4.69, 9.17) is 0 Å². The first-order valence-electron chi connectivity index (χ1n) is 2.06. The Morgan fingerprint density at radius 3 is 1.11 bits per heavy atom. The quantitative estimate of drug-likeness (QED) is 0.678. The zero-order valence-corrected chi connectivity index (χ0v) is 8.58. The van der Waals surface area contributed by atoms with Gasteiger partial charge in [-0.3, -0.25) is 0 Å². The molecule has 0 N–H and O–H groups in total. The predicted molar refractivity (Wildman–Crippen MR) is 30.8 cm³/mol. The van der Waals surface area contributed by atoms with E-state index in [9.17, 15) is 15.3 Å². The van der Waals surface area contributed by atoms with Gasteiger partial charge in [-0.25, -0.2) is 0 Å². The second-order valence-corrected chi connectivity index (χ2v) is 12.8. The summed E-state index contributed by atoms with van der Waals surface area (Å²) in [5.41, 5.74) is 0. The Kier molecular flexibility index (Phi) is 2.53. The molecule has 0 radical (unpaired) electrons. The molecule has 0 saturated heterocycles. The van der Waals surface area contributed by atoms with Crippen LogP contribution >= 0.6 is 0 Å². The molecule has 0 aliphatic carbocycles. The van der Waals surface area contributed by atoms with E-state index in [1.807, 2.05) is 0 Å². The minimum absolute atomic E-state index is 0.618. The van der Waals surface area contributed by atoms with Gasteiger partial charge in [0.2, 0.25) is 0 Å². The van der Waals surface area contributed by atoms with Gasteiger partial charge in [-0.15, -0.1) is 0 Å². The van der Waals surface area contributed by atoms with Crippen LogP contribution in [0.25, 0.3) is 0 Å². The normalized spacial score (nSPS) is 13.6. The fraction of sp³-hybridized carbons (Fsp3) is 1.00. The van der Waals surface area contributed by atoms with Crippen molar-refractivity contribution in [3.8, 4) is 0 Å². The van der Waals surface area contributed by atoms with E-state index in [1.54, 1.807) is 0 Å². The summed E-state index contributed by atoms with van der Waals surface area (Å²) in [5, 5.41) is 0. The van der Waals surface area contributed by atoms with Gasteiger partial charge in [0.15, 0.2) is 0 Å². The Balaban J connectivity index is 4.46. The molecule has 0 aromatic rings. The summed E-state index contributed by atoms with van der Waals surface area (Å²) in [6.07, 6.45) is 0. The molecule has 0 aromatic heterocycles. The van der Waals surface area contributed by atoms with Crippen molar-refractivity contribution in [2.24, 2.45) is 0 Å². The molecule has 0 fully saturated rings. The Morgan fingerprint density at radius 2 is 1.11 bits per heavy atom. The van der Waals surface area contributed by atoms with E-state index >= 15 is 0 Å². The summed E-state index contributed by atoms with van der Waals surface area (Å²) < 4.78 is 40.8. The monoisotopic (exact) mass is 268 g/mol. The van der Waals surface area contributed by atoms with E-state index in [2.05, 4.69) is 0 Å². The first kappa shape index (κ1) is 9.24. The second-order valence-electron chi connectivity index (χ2n) is 1.97. The molecule has 6 heteroatoms. The van der Waals surface area contributed by atoms with Gasteiger partial charge in [0.05, 0.1) is 0 Å². The third kappa shape index (κ3) is 8.24. The molecule has 0 amide bonds. The molecule has 9 heavy (non-hydrogen) atoms. The summed E-state index contributed by atoms with van der Waals surface area (Å²) in [7, 11) is 0. The average molecular weight is 266 g/mol. The van der Waals surface area contributed by atoms with Crippen LogP contribution in [-0.2, 0) is 15.3 Å². The fourth-order valence-corrected chi connectivity index (χ4v) is 10.5. The molecular weight excluding hydrogens is 258 g/mol. The van der Waals surface area contributed by atoms with Crippen molar-refractivity contribution < 1.29 is 15.3 Å². The molecule has 0 aliphatic rings. The van der Waals surface area contributed by atoms with Crippen LogP contribution in [-0.4, -0.2) is 25.4 Å². The molecular formula is C3H8O4Se2. The Hall–Kier alpha value is 0.239. The first-order chi connectivity index (χ1) is 3.71. The SMILES string of the molecule is C[Se](=O)(=O)C[Se](C)(=O)=O. The minimum atomic E-state index is -4.01. The van der Waals surface area contributed by atoms with Gasteiger partial charge in [0.25, 0.3) is 0 Å². The van der Waals surface area contributed by atoms with Crippen molar-refractivity contribution in [1.29, 1.82) is 0 Å². The van der Waals surface area contributed by atoms with Crippen molar-refractivity contribution in [2.75, 3.05) is 0 Å². The van der Waals surface area contributed by atoms with Crippen molar-refractivity contribution in [3.63, 3.8) is 0 Å². The van der Waals surface area contributed by atoms with Gasteiger partial charge in [0, 0.05) is 0 Å². The molecule has 0 saturated carbocycles. The van der Waals surface area contributed by atoms with Crippen LogP contribution in [0.2, 0.25) is 15.9 Å². The van der Waals surface area contributed by atoms with E-state index in [0.29, 0.717) is 0 Å². The molecule has 56 valence electrons. The van der Waals surface area contributed by atoms with Gasteiger partial charge >= 0.3 is 56.6 Å². The maximum absolute atomic E-state index is 10.4. The Morgan fingerprint density at radius 1 is 0.889 bits per heavy atom. The van der Waals surface area contributed by atoms with Crippen molar-refractivity contribution in [1.82, 2.24) is 0 Å². The molecule has 0 aliphatic heterocycles. The van der Waals surface area contributed by atoms with Crippen LogP contribution in [0.5, 0.6) is 0 Å². The number of rotatable bonds is 2. The second kappa shape index (κ2) is 2.46. The van der Waals surface area contributed by atoms with Crippen molar-refractivity contribution in [2.45, 2.75) is 15.9 Å². The fourth-order valence-electron chi connectivity index (χ4n) is 0.389. The molecule has 0 heterocycles. The van der Waals surface area contributed by atoms with E-state index in [1.165, 1.54) is 0 Å². The van der Waals surface area contributed by atoms with Crippen molar-refractivity contribution in [3.05, 3.63) is 0 Å². The molecule has 0 spiro atoms. The molecule has 0 atom stereocenters. The average Bonchev–Trinajstić information content (AvgIpc) is 1.14. The van der Waals surface area contributed by atoms with Gasteiger partial charge in [-0.1, -0.05) is 0 Å². The zero-order valence-electron chi connectivity index (χ0n) is 5.16. The van der Waals surface area contributed by atoms with Gasteiger partial charge in [0.1, 0.15) is 0 Å². The summed E-state index contributed by atoms with van der Waals surface area (Å²) in [4.78, 5) is 0. The molecule has 0 rings (SSSR count). The van der Waals surface area contributed by atoms with Crippen LogP contribution in [0, 0.1) is 0 Å². The molecule has 0 unspecified atom stereocenters. The molecule has 4 nitrogen and oxygen atoms in total. The maximum atomic E-state index is 10.4. The topological polar surface area (TPSA) is 68.3 Å². The number of hydrogen-bond donors (Lipinski definition) is 0. The van der Waals surface area contributed by atoms with Crippen molar-refractivity contribution >= 4 is 25.4 Å². The predicted octanol–water partition coefficient (Wildman–Crippen LogP) is 0.392. The van der Waals surface area contributed by atoms with Crippen LogP contribution in [0.1, 0.15) is 0 Å².